The maximum atomic E-state index is 12.1. The minimum atomic E-state index is 0.0538. The lowest BCUT2D eigenvalue weighted by molar-refractivity contribution is -0.122. The molecule has 0 bridgehead atoms. The molecule has 0 spiro atoms. The Morgan fingerprint density at radius 3 is 2.64 bits per heavy atom. The summed E-state index contributed by atoms with van der Waals surface area (Å²) in [6.45, 7) is 0.453. The highest BCUT2D eigenvalue weighted by atomic mass is 35.5. The zero-order valence-electron chi connectivity index (χ0n) is 12.2. The smallest absolute Gasteiger partial charge is 0.227 e. The number of amides is 1. The Morgan fingerprint density at radius 1 is 1.18 bits per heavy atom. The van der Waals surface area contributed by atoms with E-state index in [1.165, 1.54) is 0 Å². The maximum absolute atomic E-state index is 12.1. The third-order valence-corrected chi connectivity index (χ3v) is 4.15. The number of nitrogens with one attached hydrogen (secondary N) is 1. The average Bonchev–Trinajstić information content (AvgIpc) is 2.45. The largest absolute Gasteiger partial charge is 0.487 e. The summed E-state index contributed by atoms with van der Waals surface area (Å²) in [7, 11) is 0. The number of anilines is 1. The zero-order valence-corrected chi connectivity index (χ0v) is 13.0. The summed E-state index contributed by atoms with van der Waals surface area (Å²) < 4.78 is 5.84. The SMILES string of the molecule is O=C(Nc1cc(Cl)ccc1OCc1ccccc1)C1CCC1. The Morgan fingerprint density at radius 2 is 1.95 bits per heavy atom. The molecular weight excluding hydrogens is 298 g/mol. The molecule has 0 unspecified atom stereocenters. The second-order valence-electron chi connectivity index (χ2n) is 5.53. The predicted molar refractivity (Wildman–Crippen MR) is 88.2 cm³/mol. The zero-order chi connectivity index (χ0) is 15.4. The number of rotatable bonds is 5. The molecule has 22 heavy (non-hydrogen) atoms. The Bertz CT molecular complexity index is 653. The summed E-state index contributed by atoms with van der Waals surface area (Å²) in [5.41, 5.74) is 1.72. The van der Waals surface area contributed by atoms with Gasteiger partial charge in [0.2, 0.25) is 5.91 Å². The summed E-state index contributed by atoms with van der Waals surface area (Å²) in [6, 6.07) is 15.2. The van der Waals surface area contributed by atoms with Crippen LogP contribution in [0.25, 0.3) is 0 Å². The van der Waals surface area contributed by atoms with Crippen molar-refractivity contribution < 1.29 is 9.53 Å². The monoisotopic (exact) mass is 315 g/mol. The van der Waals surface area contributed by atoms with Gasteiger partial charge in [-0.05, 0) is 36.6 Å². The molecule has 0 saturated heterocycles. The first kappa shape index (κ1) is 14.9. The van der Waals surface area contributed by atoms with Crippen LogP contribution in [0.5, 0.6) is 5.75 Å². The molecule has 3 rings (SSSR count). The van der Waals surface area contributed by atoms with Crippen LogP contribution in [0.2, 0.25) is 5.02 Å². The maximum Gasteiger partial charge on any atom is 0.227 e. The number of hydrogen-bond donors (Lipinski definition) is 1. The van der Waals surface area contributed by atoms with E-state index in [-0.39, 0.29) is 11.8 Å². The van der Waals surface area contributed by atoms with Crippen LogP contribution < -0.4 is 10.1 Å². The van der Waals surface area contributed by atoms with Crippen LogP contribution in [0.4, 0.5) is 5.69 Å². The molecule has 1 fully saturated rings. The van der Waals surface area contributed by atoms with Gasteiger partial charge >= 0.3 is 0 Å². The van der Waals surface area contributed by atoms with Gasteiger partial charge < -0.3 is 10.1 Å². The van der Waals surface area contributed by atoms with Crippen molar-refractivity contribution in [3.63, 3.8) is 0 Å². The fourth-order valence-corrected chi connectivity index (χ4v) is 2.54. The number of halogens is 1. The molecule has 1 aliphatic rings. The Balaban J connectivity index is 1.71. The summed E-state index contributed by atoms with van der Waals surface area (Å²) in [6.07, 6.45) is 3.06. The van der Waals surface area contributed by atoms with Gasteiger partial charge in [-0.2, -0.15) is 0 Å². The summed E-state index contributed by atoms with van der Waals surface area (Å²) in [5, 5.41) is 3.52. The first-order chi connectivity index (χ1) is 10.7. The Kier molecular flexibility index (Phi) is 4.64. The minimum Gasteiger partial charge on any atom is -0.487 e. The van der Waals surface area contributed by atoms with Crippen molar-refractivity contribution in [3.8, 4) is 5.75 Å². The second-order valence-corrected chi connectivity index (χ2v) is 5.97. The molecule has 1 N–H and O–H groups in total. The van der Waals surface area contributed by atoms with Gasteiger partial charge in [-0.25, -0.2) is 0 Å². The Hall–Kier alpha value is -2.00. The van der Waals surface area contributed by atoms with E-state index in [2.05, 4.69) is 5.32 Å². The first-order valence-corrected chi connectivity index (χ1v) is 7.87. The molecule has 0 aromatic heterocycles. The van der Waals surface area contributed by atoms with Crippen molar-refractivity contribution in [2.45, 2.75) is 25.9 Å². The van der Waals surface area contributed by atoms with Gasteiger partial charge in [-0.3, -0.25) is 4.79 Å². The van der Waals surface area contributed by atoms with Crippen LogP contribution in [0.15, 0.2) is 48.5 Å². The van der Waals surface area contributed by atoms with Crippen molar-refractivity contribution in [1.82, 2.24) is 0 Å². The van der Waals surface area contributed by atoms with E-state index < -0.39 is 0 Å². The summed E-state index contributed by atoms with van der Waals surface area (Å²) >= 11 is 6.04. The van der Waals surface area contributed by atoms with Crippen molar-refractivity contribution >= 4 is 23.2 Å². The quantitative estimate of drug-likeness (QED) is 0.871. The van der Waals surface area contributed by atoms with E-state index in [9.17, 15) is 4.79 Å². The van der Waals surface area contributed by atoms with Crippen molar-refractivity contribution in [1.29, 1.82) is 0 Å². The average molecular weight is 316 g/mol. The van der Waals surface area contributed by atoms with Gasteiger partial charge in [0.1, 0.15) is 12.4 Å². The molecule has 0 heterocycles. The molecule has 2 aromatic rings. The Labute approximate surface area is 135 Å². The number of benzene rings is 2. The van der Waals surface area contributed by atoms with Crippen LogP contribution >= 0.6 is 11.6 Å². The van der Waals surface area contributed by atoms with Crippen LogP contribution in [0.3, 0.4) is 0 Å². The minimum absolute atomic E-state index is 0.0538. The molecule has 0 atom stereocenters. The van der Waals surface area contributed by atoms with Crippen LogP contribution in [0.1, 0.15) is 24.8 Å². The van der Waals surface area contributed by atoms with Crippen molar-refractivity contribution in [3.05, 3.63) is 59.1 Å². The molecule has 2 aromatic carbocycles. The number of carbonyl (C=O) groups is 1. The summed E-state index contributed by atoms with van der Waals surface area (Å²) in [5.74, 6) is 0.819. The molecule has 1 aliphatic carbocycles. The second kappa shape index (κ2) is 6.84. The van der Waals surface area contributed by atoms with Gasteiger partial charge in [0.05, 0.1) is 5.69 Å². The molecule has 0 radical (unpaired) electrons. The van der Waals surface area contributed by atoms with E-state index in [1.54, 1.807) is 18.2 Å². The highest BCUT2D eigenvalue weighted by Crippen LogP contribution is 2.32. The highest BCUT2D eigenvalue weighted by Gasteiger charge is 2.25. The van der Waals surface area contributed by atoms with Crippen LogP contribution in [-0.4, -0.2) is 5.91 Å². The van der Waals surface area contributed by atoms with E-state index in [4.69, 9.17) is 16.3 Å². The standard InChI is InChI=1S/C18H18ClNO2/c19-15-9-10-17(22-12-13-5-2-1-3-6-13)16(11-15)20-18(21)14-7-4-8-14/h1-3,5-6,9-11,14H,4,7-8,12H2,(H,20,21). The normalized spacial score (nSPS) is 14.2. The lowest BCUT2D eigenvalue weighted by Crippen LogP contribution is -2.28. The van der Waals surface area contributed by atoms with Gasteiger partial charge in [0, 0.05) is 10.9 Å². The topological polar surface area (TPSA) is 38.3 Å². The molecule has 3 nitrogen and oxygen atoms in total. The van der Waals surface area contributed by atoms with Gasteiger partial charge in [0.25, 0.3) is 0 Å². The van der Waals surface area contributed by atoms with Gasteiger partial charge in [-0.15, -0.1) is 0 Å². The van der Waals surface area contributed by atoms with Crippen LogP contribution in [-0.2, 0) is 11.4 Å². The fraction of sp³-hybridized carbons (Fsp3) is 0.278. The van der Waals surface area contributed by atoms with Gasteiger partial charge in [-0.1, -0.05) is 48.4 Å². The highest BCUT2D eigenvalue weighted by molar-refractivity contribution is 6.31. The van der Waals surface area contributed by atoms with Gasteiger partial charge in [0.15, 0.2) is 0 Å². The van der Waals surface area contributed by atoms with E-state index in [0.717, 1.165) is 24.8 Å². The van der Waals surface area contributed by atoms with Crippen molar-refractivity contribution in [2.75, 3.05) is 5.32 Å². The molecule has 0 aliphatic heterocycles. The number of ether oxygens (including phenoxy) is 1. The molecule has 114 valence electrons. The lowest BCUT2D eigenvalue weighted by Gasteiger charge is -2.24. The predicted octanol–water partition coefficient (Wildman–Crippen LogP) is 4.66. The van der Waals surface area contributed by atoms with E-state index in [1.807, 2.05) is 30.3 Å². The molecule has 4 heteroatoms. The molecular formula is C18H18ClNO2. The fourth-order valence-electron chi connectivity index (χ4n) is 2.37. The third kappa shape index (κ3) is 3.60. The lowest BCUT2D eigenvalue weighted by atomic mass is 9.85. The molecule has 1 amide bonds. The van der Waals surface area contributed by atoms with E-state index in [0.29, 0.717) is 23.1 Å². The van der Waals surface area contributed by atoms with Crippen molar-refractivity contribution in [2.24, 2.45) is 5.92 Å². The number of hydrogen-bond acceptors (Lipinski definition) is 2. The van der Waals surface area contributed by atoms with E-state index >= 15 is 0 Å². The molecule has 1 saturated carbocycles. The number of carbonyl (C=O) groups excluding carboxylic acids is 1. The summed E-state index contributed by atoms with van der Waals surface area (Å²) in [4.78, 5) is 12.1. The first-order valence-electron chi connectivity index (χ1n) is 7.49. The van der Waals surface area contributed by atoms with Crippen LogP contribution in [0, 0.1) is 5.92 Å². The third-order valence-electron chi connectivity index (χ3n) is 3.91.